The summed E-state index contributed by atoms with van der Waals surface area (Å²) >= 11 is 0. The van der Waals surface area contributed by atoms with Crippen molar-refractivity contribution in [2.24, 2.45) is 0 Å². The van der Waals surface area contributed by atoms with Gasteiger partial charge in [-0.3, -0.25) is 9.59 Å². The Morgan fingerprint density at radius 3 is 2.66 bits per heavy atom. The number of halogens is 2. The van der Waals surface area contributed by atoms with Crippen LogP contribution in [0.3, 0.4) is 0 Å². The van der Waals surface area contributed by atoms with Gasteiger partial charge in [-0.2, -0.15) is 0 Å². The second-order valence-corrected chi connectivity index (χ2v) is 7.78. The first-order valence-electron chi connectivity index (χ1n) is 10.7. The number of para-hydroxylation sites is 1. The minimum absolute atomic E-state index is 0.0726. The maximum absolute atomic E-state index is 14.1. The van der Waals surface area contributed by atoms with Gasteiger partial charge in [-0.1, -0.05) is 19.1 Å². The summed E-state index contributed by atoms with van der Waals surface area (Å²) in [6.07, 6.45) is 0.292. The van der Waals surface area contributed by atoms with Crippen molar-refractivity contribution < 1.29 is 27.8 Å². The largest absolute Gasteiger partial charge is 0.496 e. The van der Waals surface area contributed by atoms with Crippen LogP contribution in [0.25, 0.3) is 0 Å². The molecule has 2 unspecified atom stereocenters. The van der Waals surface area contributed by atoms with Crippen molar-refractivity contribution >= 4 is 11.8 Å². The predicted molar refractivity (Wildman–Crippen MR) is 116 cm³/mol. The maximum atomic E-state index is 14.1. The molecule has 1 aliphatic rings. The highest BCUT2D eigenvalue weighted by atomic mass is 19.1. The molecule has 3 rings (SSSR count). The first kappa shape index (κ1) is 23.7. The monoisotopic (exact) mass is 446 g/mol. The number of nitrogens with zero attached hydrogens (tertiary/aromatic N) is 2. The van der Waals surface area contributed by atoms with Crippen molar-refractivity contribution in [3.8, 4) is 5.75 Å². The fourth-order valence-electron chi connectivity index (χ4n) is 3.73. The molecule has 32 heavy (non-hydrogen) atoms. The molecule has 0 spiro atoms. The van der Waals surface area contributed by atoms with Crippen LogP contribution < -0.4 is 4.74 Å². The van der Waals surface area contributed by atoms with Crippen LogP contribution in [0.5, 0.6) is 5.75 Å². The van der Waals surface area contributed by atoms with Gasteiger partial charge >= 0.3 is 0 Å². The lowest BCUT2D eigenvalue weighted by molar-refractivity contribution is -0.0369. The minimum atomic E-state index is -0.898. The van der Waals surface area contributed by atoms with Gasteiger partial charge in [-0.25, -0.2) is 8.78 Å². The standard InChI is InChI=1S/C24H28F2N2O4/c1-4-16(2)28(24(30)20-7-5-6-8-22(20)31-3)15-18-14-27(11-12-32-18)23(29)19-10-9-17(25)13-21(19)26/h5-10,13,16,18H,4,11-12,14-15H2,1-3H3. The van der Waals surface area contributed by atoms with Crippen molar-refractivity contribution in [1.82, 2.24) is 9.80 Å². The van der Waals surface area contributed by atoms with Crippen molar-refractivity contribution in [2.75, 3.05) is 33.4 Å². The van der Waals surface area contributed by atoms with Gasteiger partial charge in [0.15, 0.2) is 0 Å². The molecular weight excluding hydrogens is 418 g/mol. The summed E-state index contributed by atoms with van der Waals surface area (Å²) in [5.74, 6) is -1.86. The number of amides is 2. The van der Waals surface area contributed by atoms with E-state index in [-0.39, 0.29) is 43.8 Å². The van der Waals surface area contributed by atoms with Crippen LogP contribution >= 0.6 is 0 Å². The summed E-state index contributed by atoms with van der Waals surface area (Å²) < 4.78 is 38.5. The topological polar surface area (TPSA) is 59.1 Å². The molecule has 0 radical (unpaired) electrons. The number of rotatable bonds is 7. The molecule has 1 saturated heterocycles. The average molecular weight is 446 g/mol. The highest BCUT2D eigenvalue weighted by Crippen LogP contribution is 2.23. The SMILES string of the molecule is CCC(C)N(CC1CN(C(=O)c2ccc(F)cc2F)CCO1)C(=O)c1ccccc1OC. The van der Waals surface area contributed by atoms with Crippen LogP contribution in [-0.2, 0) is 4.74 Å². The number of methoxy groups -OCH3 is 1. The van der Waals surface area contributed by atoms with Gasteiger partial charge in [-0.15, -0.1) is 0 Å². The summed E-state index contributed by atoms with van der Waals surface area (Å²) in [7, 11) is 1.52. The molecule has 0 aliphatic carbocycles. The van der Waals surface area contributed by atoms with Crippen molar-refractivity contribution in [3.05, 3.63) is 65.2 Å². The second kappa shape index (κ2) is 10.5. The average Bonchev–Trinajstić information content (AvgIpc) is 2.81. The Bertz CT molecular complexity index is 969. The van der Waals surface area contributed by atoms with Crippen LogP contribution in [0.15, 0.2) is 42.5 Å². The third-order valence-corrected chi connectivity index (χ3v) is 5.71. The Morgan fingerprint density at radius 1 is 1.22 bits per heavy atom. The molecular formula is C24H28F2N2O4. The number of benzene rings is 2. The smallest absolute Gasteiger partial charge is 0.257 e. The van der Waals surface area contributed by atoms with E-state index in [4.69, 9.17) is 9.47 Å². The molecule has 0 bridgehead atoms. The van der Waals surface area contributed by atoms with E-state index < -0.39 is 23.6 Å². The zero-order chi connectivity index (χ0) is 23.3. The van der Waals surface area contributed by atoms with Gasteiger partial charge in [0.25, 0.3) is 11.8 Å². The van der Waals surface area contributed by atoms with E-state index in [2.05, 4.69) is 0 Å². The summed E-state index contributed by atoms with van der Waals surface area (Å²) in [6, 6.07) is 9.85. The van der Waals surface area contributed by atoms with Crippen LogP contribution in [0, 0.1) is 11.6 Å². The molecule has 8 heteroatoms. The third kappa shape index (κ3) is 5.24. The summed E-state index contributed by atoms with van der Waals surface area (Å²) in [5.41, 5.74) is 0.267. The van der Waals surface area contributed by atoms with Crippen molar-refractivity contribution in [2.45, 2.75) is 32.4 Å². The summed E-state index contributed by atoms with van der Waals surface area (Å²) in [5, 5.41) is 0. The number of carbonyl (C=O) groups excluding carboxylic acids is 2. The van der Waals surface area contributed by atoms with E-state index in [1.54, 1.807) is 29.2 Å². The molecule has 2 amide bonds. The molecule has 2 atom stereocenters. The van der Waals surface area contributed by atoms with Gasteiger partial charge < -0.3 is 19.3 Å². The van der Waals surface area contributed by atoms with Crippen molar-refractivity contribution in [3.63, 3.8) is 0 Å². The fourth-order valence-corrected chi connectivity index (χ4v) is 3.73. The molecule has 1 aliphatic heterocycles. The second-order valence-electron chi connectivity index (χ2n) is 7.78. The zero-order valence-electron chi connectivity index (χ0n) is 18.5. The number of hydrogen-bond donors (Lipinski definition) is 0. The van der Waals surface area contributed by atoms with E-state index in [1.165, 1.54) is 12.0 Å². The molecule has 1 heterocycles. The normalized spacial score (nSPS) is 17.0. The Hall–Kier alpha value is -3.00. The zero-order valence-corrected chi connectivity index (χ0v) is 18.5. The van der Waals surface area contributed by atoms with E-state index >= 15 is 0 Å². The Kier molecular flexibility index (Phi) is 7.80. The minimum Gasteiger partial charge on any atom is -0.496 e. The molecule has 6 nitrogen and oxygen atoms in total. The summed E-state index contributed by atoms with van der Waals surface area (Å²) in [4.78, 5) is 29.3. The fraction of sp³-hybridized carbons (Fsp3) is 0.417. The number of hydrogen-bond acceptors (Lipinski definition) is 4. The van der Waals surface area contributed by atoms with Crippen LogP contribution in [0.1, 0.15) is 41.0 Å². The van der Waals surface area contributed by atoms with Gasteiger partial charge in [0.1, 0.15) is 17.4 Å². The molecule has 0 saturated carbocycles. The Morgan fingerprint density at radius 2 is 1.97 bits per heavy atom. The molecule has 2 aromatic carbocycles. The van der Waals surface area contributed by atoms with Gasteiger partial charge in [0, 0.05) is 31.7 Å². The van der Waals surface area contributed by atoms with Gasteiger partial charge in [0.05, 0.1) is 30.9 Å². The Labute approximate surface area is 186 Å². The number of morpholine rings is 1. The highest BCUT2D eigenvalue weighted by Gasteiger charge is 2.31. The van der Waals surface area contributed by atoms with Crippen LogP contribution in [-0.4, -0.2) is 67.1 Å². The molecule has 0 aromatic heterocycles. The molecule has 0 N–H and O–H groups in total. The molecule has 172 valence electrons. The molecule has 1 fully saturated rings. The van der Waals surface area contributed by atoms with E-state index in [0.29, 0.717) is 17.4 Å². The van der Waals surface area contributed by atoms with Gasteiger partial charge in [-0.05, 0) is 37.6 Å². The quantitative estimate of drug-likeness (QED) is 0.650. The predicted octanol–water partition coefficient (Wildman–Crippen LogP) is 3.76. The maximum Gasteiger partial charge on any atom is 0.257 e. The number of ether oxygens (including phenoxy) is 2. The highest BCUT2D eigenvalue weighted by molar-refractivity contribution is 5.97. The number of carbonyl (C=O) groups is 2. The first-order valence-corrected chi connectivity index (χ1v) is 10.7. The van der Waals surface area contributed by atoms with Crippen LogP contribution in [0.2, 0.25) is 0 Å². The Balaban J connectivity index is 1.76. The van der Waals surface area contributed by atoms with Crippen molar-refractivity contribution in [1.29, 1.82) is 0 Å². The summed E-state index contributed by atoms with van der Waals surface area (Å²) in [6.45, 7) is 4.95. The lowest BCUT2D eigenvalue weighted by Crippen LogP contribution is -2.52. The van der Waals surface area contributed by atoms with E-state index in [9.17, 15) is 18.4 Å². The third-order valence-electron chi connectivity index (χ3n) is 5.71. The van der Waals surface area contributed by atoms with Crippen LogP contribution in [0.4, 0.5) is 8.78 Å². The van der Waals surface area contributed by atoms with E-state index in [0.717, 1.165) is 18.6 Å². The van der Waals surface area contributed by atoms with E-state index in [1.807, 2.05) is 13.8 Å². The van der Waals surface area contributed by atoms with Gasteiger partial charge in [0.2, 0.25) is 0 Å². The molecule has 2 aromatic rings. The lowest BCUT2D eigenvalue weighted by atomic mass is 10.1. The first-order chi connectivity index (χ1) is 15.3. The lowest BCUT2D eigenvalue weighted by Gasteiger charge is -2.38.